The fourth-order valence-electron chi connectivity index (χ4n) is 2.38. The summed E-state index contributed by atoms with van der Waals surface area (Å²) in [5.41, 5.74) is 0.796. The molecule has 0 aliphatic heterocycles. The maximum Gasteiger partial charge on any atom is 0.347 e. The van der Waals surface area contributed by atoms with Crippen molar-refractivity contribution in [3.63, 3.8) is 0 Å². The summed E-state index contributed by atoms with van der Waals surface area (Å²) >= 11 is 0. The van der Waals surface area contributed by atoms with Crippen LogP contribution in [-0.2, 0) is 6.54 Å². The molecule has 2 rings (SSSR count). The predicted molar refractivity (Wildman–Crippen MR) is 61.2 cm³/mol. The largest absolute Gasteiger partial charge is 0.393 e. The fraction of sp³-hybridized carbons (Fsp3) is 0.667. The van der Waals surface area contributed by atoms with Gasteiger partial charge in [-0.3, -0.25) is 4.57 Å². The maximum atomic E-state index is 11.4. The molecule has 0 saturated heterocycles. The summed E-state index contributed by atoms with van der Waals surface area (Å²) in [5.74, 6) is 0.354. The van der Waals surface area contributed by atoms with Crippen molar-refractivity contribution in [3.8, 4) is 0 Å². The quantitative estimate of drug-likeness (QED) is 0.833. The van der Waals surface area contributed by atoms with E-state index in [9.17, 15) is 9.90 Å². The van der Waals surface area contributed by atoms with E-state index in [2.05, 4.69) is 4.98 Å². The van der Waals surface area contributed by atoms with Crippen LogP contribution in [0.25, 0.3) is 0 Å². The van der Waals surface area contributed by atoms with Gasteiger partial charge in [0.15, 0.2) is 0 Å². The lowest BCUT2D eigenvalue weighted by molar-refractivity contribution is 0.125. The van der Waals surface area contributed by atoms with E-state index in [4.69, 9.17) is 0 Å². The Balaban J connectivity index is 1.99. The Bertz CT molecular complexity index is 414. The Morgan fingerprint density at radius 2 is 2.38 bits per heavy atom. The third-order valence-electron chi connectivity index (χ3n) is 3.34. The summed E-state index contributed by atoms with van der Waals surface area (Å²) in [6, 6.07) is 0. The number of aliphatic hydroxyl groups excluding tert-OH is 1. The summed E-state index contributed by atoms with van der Waals surface area (Å²) < 4.78 is 1.64. The molecule has 0 bridgehead atoms. The van der Waals surface area contributed by atoms with Crippen LogP contribution in [0, 0.1) is 12.8 Å². The van der Waals surface area contributed by atoms with Crippen LogP contribution in [0.1, 0.15) is 31.2 Å². The zero-order valence-corrected chi connectivity index (χ0v) is 9.59. The molecule has 1 aromatic rings. The van der Waals surface area contributed by atoms with Crippen LogP contribution >= 0.6 is 0 Å². The van der Waals surface area contributed by atoms with Crippen molar-refractivity contribution in [2.75, 3.05) is 0 Å². The van der Waals surface area contributed by atoms with Gasteiger partial charge in [-0.1, -0.05) is 6.42 Å². The van der Waals surface area contributed by atoms with Gasteiger partial charge in [0.1, 0.15) is 0 Å². The molecule has 1 aliphatic rings. The Kier molecular flexibility index (Phi) is 3.39. The first-order valence-electron chi connectivity index (χ1n) is 5.88. The molecule has 1 aliphatic carbocycles. The first-order chi connectivity index (χ1) is 7.66. The number of rotatable bonds is 3. The molecule has 88 valence electrons. The van der Waals surface area contributed by atoms with E-state index in [0.717, 1.165) is 31.2 Å². The molecule has 16 heavy (non-hydrogen) atoms. The summed E-state index contributed by atoms with van der Waals surface area (Å²) in [6.07, 6.45) is 7.20. The predicted octanol–water partition coefficient (Wildman–Crippen LogP) is 1.10. The smallest absolute Gasteiger partial charge is 0.347 e. The van der Waals surface area contributed by atoms with Gasteiger partial charge < -0.3 is 5.11 Å². The zero-order chi connectivity index (χ0) is 11.5. The normalized spacial score (nSPS) is 24.9. The number of aryl methyl sites for hydroxylation is 2. The first kappa shape index (κ1) is 11.3. The Hall–Kier alpha value is -1.16. The second-order valence-corrected chi connectivity index (χ2v) is 4.65. The molecule has 1 aromatic heterocycles. The van der Waals surface area contributed by atoms with E-state index in [1.54, 1.807) is 10.8 Å². The molecular weight excluding hydrogens is 204 g/mol. The minimum Gasteiger partial charge on any atom is -0.393 e. The third-order valence-corrected chi connectivity index (χ3v) is 3.34. The van der Waals surface area contributed by atoms with Crippen molar-refractivity contribution in [1.29, 1.82) is 0 Å². The van der Waals surface area contributed by atoms with E-state index in [1.807, 2.05) is 13.1 Å². The monoisotopic (exact) mass is 222 g/mol. The number of nitrogens with zero attached hydrogens (tertiary/aromatic N) is 2. The van der Waals surface area contributed by atoms with Crippen molar-refractivity contribution < 1.29 is 5.11 Å². The summed E-state index contributed by atoms with van der Waals surface area (Å²) in [7, 11) is 0. The molecule has 2 unspecified atom stereocenters. The average Bonchev–Trinajstić information content (AvgIpc) is 2.66. The van der Waals surface area contributed by atoms with Gasteiger partial charge in [0.05, 0.1) is 6.10 Å². The van der Waals surface area contributed by atoms with Gasteiger partial charge in [-0.25, -0.2) is 9.78 Å². The molecule has 4 nitrogen and oxygen atoms in total. The van der Waals surface area contributed by atoms with E-state index >= 15 is 0 Å². The van der Waals surface area contributed by atoms with Crippen LogP contribution in [0.5, 0.6) is 0 Å². The van der Waals surface area contributed by atoms with Crippen LogP contribution in [0.15, 0.2) is 17.2 Å². The Labute approximate surface area is 95.0 Å². The molecule has 0 amide bonds. The Morgan fingerprint density at radius 1 is 1.56 bits per heavy atom. The lowest BCUT2D eigenvalue weighted by Gasteiger charge is -2.14. The second kappa shape index (κ2) is 4.78. The molecule has 1 N–H and O–H groups in total. The summed E-state index contributed by atoms with van der Waals surface area (Å²) in [5, 5.41) is 9.69. The highest BCUT2D eigenvalue weighted by Crippen LogP contribution is 2.28. The molecule has 0 aromatic carbocycles. The molecular formula is C12H18N2O2. The number of aliphatic hydroxyl groups is 1. The lowest BCUT2D eigenvalue weighted by Crippen LogP contribution is -2.24. The van der Waals surface area contributed by atoms with E-state index in [-0.39, 0.29) is 11.8 Å². The fourth-order valence-corrected chi connectivity index (χ4v) is 2.38. The van der Waals surface area contributed by atoms with Crippen LogP contribution in [0.4, 0.5) is 0 Å². The number of hydrogen-bond acceptors (Lipinski definition) is 3. The average molecular weight is 222 g/mol. The van der Waals surface area contributed by atoms with E-state index < -0.39 is 0 Å². The number of hydrogen-bond donors (Lipinski definition) is 1. The first-order valence-corrected chi connectivity index (χ1v) is 5.88. The maximum absolute atomic E-state index is 11.4. The lowest BCUT2D eigenvalue weighted by atomic mass is 10.0. The van der Waals surface area contributed by atoms with Crippen LogP contribution < -0.4 is 5.69 Å². The summed E-state index contributed by atoms with van der Waals surface area (Å²) in [6.45, 7) is 2.59. The van der Waals surface area contributed by atoms with Gasteiger partial charge in [0.25, 0.3) is 0 Å². The van der Waals surface area contributed by atoms with Gasteiger partial charge >= 0.3 is 5.69 Å². The topological polar surface area (TPSA) is 55.1 Å². The molecule has 0 radical (unpaired) electrons. The number of aromatic nitrogens is 2. The molecule has 0 spiro atoms. The van der Waals surface area contributed by atoms with Crippen molar-refractivity contribution in [1.82, 2.24) is 9.55 Å². The standard InChI is InChI=1S/C12H18N2O2/c1-9-7-13-12(16)14(8-9)6-5-10-3-2-4-11(10)15/h7-8,10-11,15H,2-6H2,1H3. The summed E-state index contributed by atoms with van der Waals surface area (Å²) in [4.78, 5) is 15.2. The highest BCUT2D eigenvalue weighted by Gasteiger charge is 2.24. The van der Waals surface area contributed by atoms with Crippen molar-refractivity contribution in [2.45, 2.75) is 45.3 Å². The van der Waals surface area contributed by atoms with E-state index in [1.165, 1.54) is 0 Å². The minimum atomic E-state index is -0.196. The molecule has 4 heteroatoms. The van der Waals surface area contributed by atoms with Crippen LogP contribution in [0.3, 0.4) is 0 Å². The van der Waals surface area contributed by atoms with Crippen LogP contribution in [0.2, 0.25) is 0 Å². The highest BCUT2D eigenvalue weighted by molar-refractivity contribution is 4.99. The van der Waals surface area contributed by atoms with Crippen molar-refractivity contribution in [3.05, 3.63) is 28.4 Å². The second-order valence-electron chi connectivity index (χ2n) is 4.65. The van der Waals surface area contributed by atoms with Crippen molar-refractivity contribution >= 4 is 0 Å². The third kappa shape index (κ3) is 2.50. The zero-order valence-electron chi connectivity index (χ0n) is 9.59. The van der Waals surface area contributed by atoms with Gasteiger partial charge in [-0.2, -0.15) is 0 Å². The molecule has 1 heterocycles. The van der Waals surface area contributed by atoms with Gasteiger partial charge in [0, 0.05) is 18.9 Å². The minimum absolute atomic E-state index is 0.173. The van der Waals surface area contributed by atoms with E-state index in [0.29, 0.717) is 12.5 Å². The molecule has 1 saturated carbocycles. The van der Waals surface area contributed by atoms with Gasteiger partial charge in [0.2, 0.25) is 0 Å². The van der Waals surface area contributed by atoms with Gasteiger partial charge in [-0.15, -0.1) is 0 Å². The van der Waals surface area contributed by atoms with Crippen molar-refractivity contribution in [2.24, 2.45) is 5.92 Å². The molecule has 1 fully saturated rings. The Morgan fingerprint density at radius 3 is 3.06 bits per heavy atom. The van der Waals surface area contributed by atoms with Crippen LogP contribution in [-0.4, -0.2) is 20.8 Å². The van der Waals surface area contributed by atoms with Gasteiger partial charge in [-0.05, 0) is 37.7 Å². The SMILES string of the molecule is Cc1cnc(=O)n(CCC2CCCC2O)c1. The highest BCUT2D eigenvalue weighted by atomic mass is 16.3. The molecule has 2 atom stereocenters.